The van der Waals surface area contributed by atoms with E-state index in [0.29, 0.717) is 0 Å². The predicted octanol–water partition coefficient (Wildman–Crippen LogP) is 12.3. The molecule has 0 aliphatic rings. The first-order valence-corrected chi connectivity index (χ1v) is 21.5. The van der Waals surface area contributed by atoms with Crippen LogP contribution >= 0.6 is 7.92 Å². The van der Waals surface area contributed by atoms with Crippen molar-refractivity contribution in [2.24, 2.45) is 0 Å². The van der Waals surface area contributed by atoms with Crippen molar-refractivity contribution in [1.29, 1.82) is 0 Å². The van der Waals surface area contributed by atoms with Crippen LogP contribution in [0.15, 0.2) is 200 Å². The lowest BCUT2D eigenvalue weighted by molar-refractivity contribution is 0.414. The zero-order valence-electron chi connectivity index (χ0n) is 34.8. The minimum absolute atomic E-state index is 0.799. The highest BCUT2D eigenvalue weighted by Gasteiger charge is 2.25. The molecule has 0 N–H and O–H groups in total. The molecule has 0 amide bonds. The minimum atomic E-state index is -0.983. The maximum Gasteiger partial charge on any atom is 0.118 e. The third-order valence-electron chi connectivity index (χ3n) is 10.7. The molecule has 0 fully saturated rings. The van der Waals surface area contributed by atoms with Crippen LogP contribution in [0.2, 0.25) is 0 Å². The summed E-state index contributed by atoms with van der Waals surface area (Å²) in [5, 5.41) is 3.83. The zero-order chi connectivity index (χ0) is 42.0. The van der Waals surface area contributed by atoms with Gasteiger partial charge in [0.2, 0.25) is 0 Å². The van der Waals surface area contributed by atoms with Gasteiger partial charge in [0.25, 0.3) is 0 Å². The van der Waals surface area contributed by atoms with E-state index in [0.717, 1.165) is 78.7 Å². The Morgan fingerprint density at radius 1 is 0.361 bits per heavy atom. The molecule has 0 heterocycles. The fraction of sp³-hybridized carbons (Fsp3) is 0.0714. The summed E-state index contributed by atoms with van der Waals surface area (Å²) < 4.78 is 22.4. The van der Waals surface area contributed by atoms with Gasteiger partial charge in [-0.15, -0.1) is 0 Å². The van der Waals surface area contributed by atoms with E-state index in [1.807, 2.05) is 48.5 Å². The van der Waals surface area contributed by atoms with Gasteiger partial charge >= 0.3 is 0 Å². The quantitative estimate of drug-likeness (QED) is 0.0809. The summed E-state index contributed by atoms with van der Waals surface area (Å²) in [6.07, 6.45) is 4.56. The molecule has 8 aromatic rings. The van der Waals surface area contributed by atoms with Crippen LogP contribution in [0.4, 0.5) is 0 Å². The van der Waals surface area contributed by atoms with E-state index < -0.39 is 7.92 Å². The van der Waals surface area contributed by atoms with Crippen molar-refractivity contribution in [2.75, 3.05) is 28.4 Å². The summed E-state index contributed by atoms with van der Waals surface area (Å²) in [4.78, 5) is 0. The summed E-state index contributed by atoms with van der Waals surface area (Å²) in [5.74, 6) is 3.21. The first kappa shape index (κ1) is 40.6. The van der Waals surface area contributed by atoms with Crippen LogP contribution < -0.4 is 34.9 Å². The molecule has 0 unspecified atom stereocenters. The van der Waals surface area contributed by atoms with Gasteiger partial charge in [0, 0.05) is 0 Å². The van der Waals surface area contributed by atoms with E-state index in [-0.39, 0.29) is 0 Å². The number of benzene rings is 8. The molecule has 0 spiro atoms. The van der Waals surface area contributed by atoms with Crippen molar-refractivity contribution in [1.82, 2.24) is 0 Å². The van der Waals surface area contributed by atoms with Crippen LogP contribution in [0.3, 0.4) is 0 Å². The Morgan fingerprint density at radius 2 is 0.721 bits per heavy atom. The molecule has 0 saturated carbocycles. The number of methoxy groups -OCH3 is 4. The van der Waals surface area contributed by atoms with E-state index in [2.05, 4.69) is 164 Å². The maximum atomic E-state index is 5.65. The summed E-state index contributed by atoms with van der Waals surface area (Å²) >= 11 is 0. The van der Waals surface area contributed by atoms with Crippen LogP contribution in [0.25, 0.3) is 34.4 Å². The van der Waals surface area contributed by atoms with Gasteiger partial charge in [-0.05, 0) is 140 Å². The average molecular weight is 815 g/mol. The van der Waals surface area contributed by atoms with E-state index in [1.165, 1.54) is 15.9 Å². The van der Waals surface area contributed by atoms with Gasteiger partial charge in [-0.2, -0.15) is 0 Å². The molecule has 0 bridgehead atoms. The molecule has 300 valence electrons. The van der Waals surface area contributed by atoms with E-state index in [4.69, 9.17) is 18.9 Å². The zero-order valence-corrected chi connectivity index (χ0v) is 35.7. The number of hydrogen-bond donors (Lipinski definition) is 0. The van der Waals surface area contributed by atoms with Crippen molar-refractivity contribution in [3.05, 3.63) is 234 Å². The van der Waals surface area contributed by atoms with Crippen LogP contribution in [0.1, 0.15) is 33.4 Å². The second kappa shape index (κ2) is 19.3. The Labute approximate surface area is 360 Å². The van der Waals surface area contributed by atoms with Crippen LogP contribution in [-0.4, -0.2) is 28.4 Å². The van der Waals surface area contributed by atoms with E-state index >= 15 is 0 Å². The van der Waals surface area contributed by atoms with Crippen LogP contribution in [0, 0.1) is 0 Å². The summed E-state index contributed by atoms with van der Waals surface area (Å²) in [6.45, 7) is 0. The first-order valence-electron chi connectivity index (χ1n) is 20.2. The smallest absolute Gasteiger partial charge is 0.118 e. The van der Waals surface area contributed by atoms with E-state index in [1.54, 1.807) is 28.4 Å². The lowest BCUT2D eigenvalue weighted by atomic mass is 9.82. The Morgan fingerprint density at radius 3 is 1.11 bits per heavy atom. The monoisotopic (exact) mass is 814 g/mol. The standard InChI is InChI=1S/C56H47O4P/c1-57-44-30-22-40(23-31-44)38-53(42-26-34-46(59-3)35-27-42)50-19-13-20-51(54(43-28-36-47(60-4)37-29-43)39-41-24-32-45(58-2)33-25-41)56(50)52-18-11-12-21-55(52)61(48-14-7-5-8-15-48)49-16-9-6-10-17-49/h5-39H,1-4H3/b53-38+,54-39+. The lowest BCUT2D eigenvalue weighted by Crippen LogP contribution is -2.22. The Bertz CT molecular complexity index is 2570. The summed E-state index contributed by atoms with van der Waals surface area (Å²) in [6, 6.07) is 70.7. The van der Waals surface area contributed by atoms with Gasteiger partial charge in [0.05, 0.1) is 28.4 Å². The van der Waals surface area contributed by atoms with Crippen LogP contribution in [0.5, 0.6) is 23.0 Å². The molecule has 4 nitrogen and oxygen atoms in total. The molecule has 61 heavy (non-hydrogen) atoms. The first-order chi connectivity index (χ1) is 30.1. The molecule has 8 rings (SSSR count). The molecule has 8 aromatic carbocycles. The van der Waals surface area contributed by atoms with Crippen LogP contribution in [-0.2, 0) is 0 Å². The number of rotatable bonds is 14. The molecule has 0 atom stereocenters. The van der Waals surface area contributed by atoms with Crippen molar-refractivity contribution in [3.8, 4) is 34.1 Å². The highest BCUT2D eigenvalue weighted by atomic mass is 31.1. The Kier molecular flexibility index (Phi) is 12.9. The molecular formula is C56H47O4P. The average Bonchev–Trinajstić information content (AvgIpc) is 3.34. The minimum Gasteiger partial charge on any atom is -0.497 e. The van der Waals surface area contributed by atoms with Gasteiger partial charge < -0.3 is 18.9 Å². The highest BCUT2D eigenvalue weighted by molar-refractivity contribution is 7.80. The second-order valence-electron chi connectivity index (χ2n) is 14.4. The molecule has 5 heteroatoms. The van der Waals surface area contributed by atoms with Crippen molar-refractivity contribution >= 4 is 47.1 Å². The molecular weight excluding hydrogens is 768 g/mol. The predicted molar refractivity (Wildman–Crippen MR) is 257 cm³/mol. The Hall–Kier alpha value is -7.13. The summed E-state index contributed by atoms with van der Waals surface area (Å²) in [7, 11) is 5.82. The Balaban J connectivity index is 1.48. The van der Waals surface area contributed by atoms with Crippen molar-refractivity contribution < 1.29 is 18.9 Å². The highest BCUT2D eigenvalue weighted by Crippen LogP contribution is 2.45. The van der Waals surface area contributed by atoms with E-state index in [9.17, 15) is 0 Å². The van der Waals surface area contributed by atoms with Gasteiger partial charge in [-0.1, -0.05) is 152 Å². The normalized spacial score (nSPS) is 11.6. The largest absolute Gasteiger partial charge is 0.497 e. The van der Waals surface area contributed by atoms with Gasteiger partial charge in [-0.25, -0.2) is 0 Å². The summed E-state index contributed by atoms with van der Waals surface area (Å²) in [5.41, 5.74) is 10.8. The molecule has 0 aromatic heterocycles. The van der Waals surface area contributed by atoms with Gasteiger partial charge in [0.1, 0.15) is 23.0 Å². The third kappa shape index (κ3) is 9.21. The molecule has 0 radical (unpaired) electrons. The molecule has 0 aliphatic heterocycles. The van der Waals surface area contributed by atoms with Gasteiger partial charge in [0.15, 0.2) is 0 Å². The third-order valence-corrected chi connectivity index (χ3v) is 13.2. The van der Waals surface area contributed by atoms with Crippen molar-refractivity contribution in [3.63, 3.8) is 0 Å². The van der Waals surface area contributed by atoms with Crippen molar-refractivity contribution in [2.45, 2.75) is 0 Å². The fourth-order valence-corrected chi connectivity index (χ4v) is 10.1. The second-order valence-corrected chi connectivity index (χ2v) is 16.6. The molecule has 0 saturated heterocycles. The maximum absolute atomic E-state index is 5.65. The SMILES string of the molecule is COc1ccc(/C=C(\c2ccc(OC)cc2)c2cccc(/C(=C/c3ccc(OC)cc3)c3ccc(OC)cc3)c2-c2ccccc2P(c2ccccc2)c2ccccc2)cc1. The fourth-order valence-electron chi connectivity index (χ4n) is 7.66. The lowest BCUT2D eigenvalue weighted by Gasteiger charge is -2.26. The molecule has 0 aliphatic carbocycles. The van der Waals surface area contributed by atoms with Gasteiger partial charge in [-0.3, -0.25) is 0 Å². The topological polar surface area (TPSA) is 36.9 Å². The number of ether oxygens (including phenoxy) is 4. The number of hydrogen-bond acceptors (Lipinski definition) is 4.